The van der Waals surface area contributed by atoms with Crippen LogP contribution in [0.5, 0.6) is 0 Å². The standard InChI is InChI=1S/C18H31N5O2S.HI/c1-5-25-18(24)23-10-7-14(8-11-23)22-17(19-4)20-9-6-15-12-26-16(21-15)13(2)3;/h12-14H,5-11H2,1-4H3,(H2,19,20,22);1H. The van der Waals surface area contributed by atoms with Crippen molar-refractivity contribution in [3.63, 3.8) is 0 Å². The van der Waals surface area contributed by atoms with E-state index in [-0.39, 0.29) is 30.1 Å². The van der Waals surface area contributed by atoms with Gasteiger partial charge in [0.1, 0.15) is 0 Å². The lowest BCUT2D eigenvalue weighted by Gasteiger charge is -2.32. The minimum Gasteiger partial charge on any atom is -0.450 e. The van der Waals surface area contributed by atoms with E-state index in [2.05, 4.69) is 39.8 Å². The van der Waals surface area contributed by atoms with E-state index in [0.29, 0.717) is 31.7 Å². The number of thiazole rings is 1. The van der Waals surface area contributed by atoms with Gasteiger partial charge < -0.3 is 20.3 Å². The lowest BCUT2D eigenvalue weighted by Crippen LogP contribution is -2.50. The van der Waals surface area contributed by atoms with Crippen LogP contribution in [0.2, 0.25) is 0 Å². The Kier molecular flexibility index (Phi) is 11.0. The summed E-state index contributed by atoms with van der Waals surface area (Å²) in [6.07, 6.45) is 2.45. The number of halogens is 1. The molecule has 1 aliphatic rings. The molecule has 154 valence electrons. The van der Waals surface area contributed by atoms with Crippen LogP contribution in [0.4, 0.5) is 4.79 Å². The number of aliphatic imine (C=N–C) groups is 1. The van der Waals surface area contributed by atoms with Crippen molar-refractivity contribution in [3.05, 3.63) is 16.1 Å². The third-order valence-electron chi connectivity index (χ3n) is 4.32. The molecule has 7 nitrogen and oxygen atoms in total. The maximum Gasteiger partial charge on any atom is 0.409 e. The van der Waals surface area contributed by atoms with Crippen LogP contribution >= 0.6 is 35.3 Å². The molecule has 1 aromatic rings. The Labute approximate surface area is 183 Å². The average molecular weight is 509 g/mol. The second-order valence-corrected chi connectivity index (χ2v) is 7.58. The minimum absolute atomic E-state index is 0. The summed E-state index contributed by atoms with van der Waals surface area (Å²) >= 11 is 1.73. The first-order valence-corrected chi connectivity index (χ1v) is 10.2. The van der Waals surface area contributed by atoms with Gasteiger partial charge in [-0.05, 0) is 19.8 Å². The smallest absolute Gasteiger partial charge is 0.409 e. The highest BCUT2D eigenvalue weighted by atomic mass is 127. The van der Waals surface area contributed by atoms with Crippen molar-refractivity contribution in [1.29, 1.82) is 0 Å². The van der Waals surface area contributed by atoms with E-state index >= 15 is 0 Å². The molecule has 1 aromatic heterocycles. The molecule has 1 saturated heterocycles. The van der Waals surface area contributed by atoms with Crippen LogP contribution in [-0.2, 0) is 11.2 Å². The molecule has 0 bridgehead atoms. The number of carbonyl (C=O) groups is 1. The van der Waals surface area contributed by atoms with E-state index in [1.165, 1.54) is 5.01 Å². The van der Waals surface area contributed by atoms with Crippen LogP contribution in [-0.4, -0.2) is 61.3 Å². The largest absolute Gasteiger partial charge is 0.450 e. The molecule has 1 amide bonds. The third-order valence-corrected chi connectivity index (χ3v) is 5.52. The second-order valence-electron chi connectivity index (χ2n) is 6.69. The summed E-state index contributed by atoms with van der Waals surface area (Å²) in [7, 11) is 1.78. The number of aromatic nitrogens is 1. The molecule has 0 saturated carbocycles. The maximum absolute atomic E-state index is 11.7. The van der Waals surface area contributed by atoms with Crippen LogP contribution in [0, 0.1) is 0 Å². The highest BCUT2D eigenvalue weighted by Crippen LogP contribution is 2.19. The zero-order valence-corrected chi connectivity index (χ0v) is 19.8. The van der Waals surface area contributed by atoms with E-state index in [4.69, 9.17) is 4.74 Å². The highest BCUT2D eigenvalue weighted by Gasteiger charge is 2.23. The molecule has 2 rings (SSSR count). The van der Waals surface area contributed by atoms with Crippen molar-refractivity contribution < 1.29 is 9.53 Å². The first-order chi connectivity index (χ1) is 12.5. The van der Waals surface area contributed by atoms with Crippen molar-refractivity contribution in [1.82, 2.24) is 20.5 Å². The molecule has 0 aliphatic carbocycles. The minimum atomic E-state index is -0.211. The molecule has 2 N–H and O–H groups in total. The Morgan fingerprint density at radius 2 is 2.15 bits per heavy atom. The van der Waals surface area contributed by atoms with E-state index in [1.54, 1.807) is 23.3 Å². The van der Waals surface area contributed by atoms with E-state index in [9.17, 15) is 4.79 Å². The Hall–Kier alpha value is -1.10. The second kappa shape index (κ2) is 12.4. The summed E-state index contributed by atoms with van der Waals surface area (Å²) in [5.74, 6) is 1.29. The fourth-order valence-electron chi connectivity index (χ4n) is 2.82. The fourth-order valence-corrected chi connectivity index (χ4v) is 3.69. The molecule has 0 aromatic carbocycles. The van der Waals surface area contributed by atoms with Gasteiger partial charge in [0.2, 0.25) is 0 Å². The van der Waals surface area contributed by atoms with E-state index < -0.39 is 0 Å². The normalized spacial score (nSPS) is 15.4. The molecule has 9 heteroatoms. The molecular weight excluding hydrogens is 477 g/mol. The number of likely N-dealkylation sites (tertiary alicyclic amines) is 1. The zero-order chi connectivity index (χ0) is 18.9. The number of piperidine rings is 1. The van der Waals surface area contributed by atoms with Crippen molar-refractivity contribution in [3.8, 4) is 0 Å². The first-order valence-electron chi connectivity index (χ1n) is 9.36. The van der Waals surface area contributed by atoms with Gasteiger partial charge in [-0.3, -0.25) is 4.99 Å². The van der Waals surface area contributed by atoms with Crippen LogP contribution in [0.25, 0.3) is 0 Å². The molecule has 0 unspecified atom stereocenters. The monoisotopic (exact) mass is 509 g/mol. The number of nitrogens with zero attached hydrogens (tertiary/aromatic N) is 3. The summed E-state index contributed by atoms with van der Waals surface area (Å²) in [5.41, 5.74) is 1.13. The summed E-state index contributed by atoms with van der Waals surface area (Å²) < 4.78 is 5.06. The van der Waals surface area contributed by atoms with Crippen molar-refractivity contribution in [2.75, 3.05) is 33.3 Å². The zero-order valence-electron chi connectivity index (χ0n) is 16.7. The van der Waals surface area contributed by atoms with Crippen molar-refractivity contribution in [2.24, 2.45) is 4.99 Å². The van der Waals surface area contributed by atoms with Gasteiger partial charge in [-0.15, -0.1) is 35.3 Å². The lowest BCUT2D eigenvalue weighted by atomic mass is 10.1. The Bertz CT molecular complexity index is 600. The van der Waals surface area contributed by atoms with Gasteiger partial charge >= 0.3 is 6.09 Å². The molecule has 0 spiro atoms. The van der Waals surface area contributed by atoms with Gasteiger partial charge in [-0.1, -0.05) is 13.8 Å². The predicted octanol–water partition coefficient (Wildman–Crippen LogP) is 3.21. The third kappa shape index (κ3) is 7.81. The highest BCUT2D eigenvalue weighted by molar-refractivity contribution is 14.0. The number of nitrogens with one attached hydrogen (secondary N) is 2. The van der Waals surface area contributed by atoms with Gasteiger partial charge in [0.15, 0.2) is 5.96 Å². The number of rotatable bonds is 6. The van der Waals surface area contributed by atoms with E-state index in [0.717, 1.165) is 37.5 Å². The first kappa shape index (κ1) is 23.9. The summed E-state index contributed by atoms with van der Waals surface area (Å²) in [5, 5.41) is 10.1. The van der Waals surface area contributed by atoms with Crippen LogP contribution in [0.15, 0.2) is 10.4 Å². The fraction of sp³-hybridized carbons (Fsp3) is 0.722. The molecule has 0 radical (unpaired) electrons. The maximum atomic E-state index is 11.7. The van der Waals surface area contributed by atoms with Gasteiger partial charge in [0.05, 0.1) is 17.3 Å². The van der Waals surface area contributed by atoms with Gasteiger partial charge in [-0.2, -0.15) is 0 Å². The quantitative estimate of drug-likeness (QED) is 0.350. The molecule has 1 fully saturated rings. The summed E-state index contributed by atoms with van der Waals surface area (Å²) in [6.45, 7) is 8.80. The number of hydrogen-bond acceptors (Lipinski definition) is 5. The number of amides is 1. The Balaban J connectivity index is 0.00000364. The Morgan fingerprint density at radius 1 is 1.44 bits per heavy atom. The SMILES string of the molecule is CCOC(=O)N1CCC(NC(=NC)NCCc2csc(C(C)C)n2)CC1.I. The molecule has 27 heavy (non-hydrogen) atoms. The van der Waals surface area contributed by atoms with Crippen LogP contribution in [0.3, 0.4) is 0 Å². The molecule has 0 atom stereocenters. The lowest BCUT2D eigenvalue weighted by molar-refractivity contribution is 0.0963. The summed E-state index contributed by atoms with van der Waals surface area (Å²) in [6, 6.07) is 0.318. The van der Waals surface area contributed by atoms with Gasteiger partial charge in [0, 0.05) is 50.4 Å². The average Bonchev–Trinajstić information content (AvgIpc) is 3.11. The number of hydrogen-bond donors (Lipinski definition) is 2. The predicted molar refractivity (Wildman–Crippen MR) is 121 cm³/mol. The Morgan fingerprint density at radius 3 is 2.70 bits per heavy atom. The summed E-state index contributed by atoms with van der Waals surface area (Å²) in [4.78, 5) is 22.5. The van der Waals surface area contributed by atoms with Crippen LogP contribution < -0.4 is 10.6 Å². The van der Waals surface area contributed by atoms with Crippen molar-refractivity contribution >= 4 is 47.4 Å². The van der Waals surface area contributed by atoms with Gasteiger partial charge in [-0.25, -0.2) is 9.78 Å². The van der Waals surface area contributed by atoms with E-state index in [1.807, 2.05) is 6.92 Å². The molecule has 2 heterocycles. The van der Waals surface area contributed by atoms with Crippen molar-refractivity contribution in [2.45, 2.75) is 52.0 Å². The van der Waals surface area contributed by atoms with Crippen LogP contribution in [0.1, 0.15) is 50.2 Å². The topological polar surface area (TPSA) is 78.8 Å². The molecule has 1 aliphatic heterocycles. The molecular formula is C18H32IN5O2S. The number of ether oxygens (including phenoxy) is 1. The number of guanidine groups is 1. The van der Waals surface area contributed by atoms with Gasteiger partial charge in [0.25, 0.3) is 0 Å². The number of carbonyl (C=O) groups excluding carboxylic acids is 1.